The molecule has 0 aromatic heterocycles. The van der Waals surface area contributed by atoms with Crippen molar-refractivity contribution in [3.8, 4) is 17.6 Å². The first-order valence-corrected chi connectivity index (χ1v) is 26.2. The quantitative estimate of drug-likeness (QED) is 0.0482. The highest BCUT2D eigenvalue weighted by Crippen LogP contribution is 2.42. The van der Waals surface area contributed by atoms with Gasteiger partial charge in [0.2, 0.25) is 20.0 Å². The molecule has 2 aliphatic heterocycles. The van der Waals surface area contributed by atoms with E-state index < -0.39 is 68.5 Å². The van der Waals surface area contributed by atoms with Gasteiger partial charge in [-0.2, -0.15) is 22.8 Å². The Hall–Kier alpha value is -6.39. The van der Waals surface area contributed by atoms with Crippen molar-refractivity contribution in [3.05, 3.63) is 144 Å². The topological polar surface area (TPSA) is 228 Å². The number of benzene rings is 4. The molecule has 2 amide bonds. The summed E-state index contributed by atoms with van der Waals surface area (Å²) in [5, 5.41) is 21.1. The van der Waals surface area contributed by atoms with E-state index in [0.29, 0.717) is 68.3 Å². The number of hydrogen-bond donors (Lipinski definition) is 3. The Labute approximate surface area is 421 Å². The van der Waals surface area contributed by atoms with Crippen LogP contribution in [-0.4, -0.2) is 95.9 Å². The number of amides is 2. The number of nitrogens with two attached hydrogens (primary N) is 1. The van der Waals surface area contributed by atoms with Crippen LogP contribution >= 0.6 is 0 Å². The van der Waals surface area contributed by atoms with E-state index in [0.717, 1.165) is 18.1 Å². The van der Waals surface area contributed by atoms with Crippen LogP contribution in [0.15, 0.2) is 110 Å². The summed E-state index contributed by atoms with van der Waals surface area (Å²) in [5.41, 5.74) is 0.811. The first-order valence-electron chi connectivity index (χ1n) is 22.4. The van der Waals surface area contributed by atoms with Gasteiger partial charge in [0.05, 0.1) is 30.7 Å². The second-order valence-corrected chi connectivity index (χ2v) is 20.1. The smallest absolute Gasteiger partial charge is 0.411 e. The lowest BCUT2D eigenvalue weighted by atomic mass is 9.84. The minimum atomic E-state index is -3.35. The van der Waals surface area contributed by atoms with Crippen LogP contribution < -0.4 is 19.3 Å². The molecule has 4 atom stereocenters. The van der Waals surface area contributed by atoms with Gasteiger partial charge in [-0.05, 0) is 110 Å². The number of allylic oxidation sites excluding steroid dienone is 1. The zero-order valence-corrected chi connectivity index (χ0v) is 42.1. The molecule has 400 valence electrons. The molecule has 16 nitrogen and oxygen atoms in total. The second kappa shape index (κ2) is 28.2. The number of nitrogens with one attached hydrogen (secondary N) is 1. The molecule has 0 bridgehead atoms. The van der Waals surface area contributed by atoms with Crippen molar-refractivity contribution in [3.63, 3.8) is 0 Å². The van der Waals surface area contributed by atoms with Gasteiger partial charge in [-0.3, -0.25) is 0 Å². The minimum Gasteiger partial charge on any atom is -0.438 e. The molecular weight excluding hydrogens is 1010 g/mol. The van der Waals surface area contributed by atoms with Crippen LogP contribution in [0.4, 0.5) is 35.9 Å². The van der Waals surface area contributed by atoms with Crippen molar-refractivity contribution in [1.29, 1.82) is 5.26 Å². The van der Waals surface area contributed by atoms with E-state index in [2.05, 4.69) is 25.9 Å². The number of carbonyl (C=O) groups excluding carboxylic acids is 2. The summed E-state index contributed by atoms with van der Waals surface area (Å²) in [6.45, 7) is 1.75. The maximum atomic E-state index is 13.5. The van der Waals surface area contributed by atoms with Gasteiger partial charge in [0.1, 0.15) is 34.3 Å². The summed E-state index contributed by atoms with van der Waals surface area (Å²) in [4.78, 5) is 29.0. The van der Waals surface area contributed by atoms with E-state index in [1.807, 2.05) is 6.92 Å². The summed E-state index contributed by atoms with van der Waals surface area (Å²) in [5.74, 6) is -0.742. The van der Waals surface area contributed by atoms with Gasteiger partial charge in [-0.25, -0.2) is 45.1 Å². The summed E-state index contributed by atoms with van der Waals surface area (Å²) >= 11 is 0. The van der Waals surface area contributed by atoms with Crippen LogP contribution in [0.5, 0.6) is 11.5 Å². The third-order valence-electron chi connectivity index (χ3n) is 11.4. The maximum Gasteiger partial charge on any atom is 0.411 e. The number of ether oxygens (including phenoxy) is 4. The number of sulfonamides is 2. The lowest BCUT2D eigenvalue weighted by Crippen LogP contribution is -2.49. The molecule has 2 fully saturated rings. The Morgan fingerprint density at radius 2 is 1.07 bits per heavy atom. The fourth-order valence-corrected chi connectivity index (χ4v) is 8.32. The molecule has 2 aliphatic rings. The number of aliphatic hydroxyl groups is 1. The standard InChI is InChI=1S/C23H27F3N2O5S.C22H24F3NO4.C3H3N.CH5NO2S/c1-16(17-4-10-20(11-5-17)32-21(25)26)28-15-13-23(33-22(28)29,12-3-14-27-34(2,30)31)18-6-8-19(24)9-7-18;1-15(16-3-9-19(10-4-16)29-20(24)25)26-13-12-22(11-2-14-27,30-21(26)28)17-5-7-18(23)8-6-17;1-2-3-4;1-5(2,3)4/h4-11,16,21,27H,3,12-15H2,1-2H3;3-10,15,20,27H,2,11-14H2,1H3;2H,1H2;1H3,(H2,2,3,4)/t16-,23+;15-,22+;;/m00../s1. The Bertz CT molecular complexity index is 2640. The Kier molecular flexibility index (Phi) is 23.5. The zero-order valence-electron chi connectivity index (χ0n) is 40.4. The number of aliphatic hydroxyl groups excluding tert-OH is 1. The molecule has 0 saturated carbocycles. The van der Waals surface area contributed by atoms with Crippen LogP contribution in [0.2, 0.25) is 0 Å². The number of primary sulfonamides is 1. The third-order valence-corrected chi connectivity index (χ3v) is 12.1. The average Bonchev–Trinajstić information content (AvgIpc) is 3.32. The van der Waals surface area contributed by atoms with Crippen LogP contribution in [0.3, 0.4) is 0 Å². The van der Waals surface area contributed by atoms with Crippen molar-refractivity contribution < 1.29 is 76.8 Å². The van der Waals surface area contributed by atoms with Crippen LogP contribution in [0.1, 0.15) is 86.7 Å². The normalized spacial score (nSPS) is 18.5. The van der Waals surface area contributed by atoms with E-state index >= 15 is 0 Å². The molecule has 0 radical (unpaired) electrons. The number of carbonyl (C=O) groups is 2. The first kappa shape index (κ1) is 60.9. The molecule has 24 heteroatoms. The highest BCUT2D eigenvalue weighted by atomic mass is 32.2. The van der Waals surface area contributed by atoms with Crippen LogP contribution in [0, 0.1) is 23.0 Å². The molecule has 2 saturated heterocycles. The van der Waals surface area contributed by atoms with Crippen molar-refractivity contribution in [2.75, 3.05) is 38.8 Å². The Morgan fingerprint density at radius 3 is 1.36 bits per heavy atom. The number of nitriles is 1. The molecule has 2 heterocycles. The average molecular weight is 1070 g/mol. The molecule has 4 aromatic rings. The SMILES string of the molecule is C=CC#N.CS(N)(=O)=O.C[C@@H](c1ccc(OC(F)F)cc1)N1CC[C@](CCCNS(C)(=O)=O)(c2ccc(F)cc2)OC1=O.C[C@@H](c1ccc(OC(F)F)cc1)N1CC[C@](CCCO)(c2ccc(F)cc2)OC1=O. The number of cyclic esters (lactones) is 2. The molecule has 0 unspecified atom stereocenters. The summed E-state index contributed by atoms with van der Waals surface area (Å²) in [6, 6.07) is 24.6. The number of nitrogens with zero attached hydrogens (tertiary/aromatic N) is 3. The zero-order chi connectivity index (χ0) is 54.6. The van der Waals surface area contributed by atoms with E-state index in [1.165, 1.54) is 59.5 Å². The summed E-state index contributed by atoms with van der Waals surface area (Å²) in [7, 11) is -6.52. The van der Waals surface area contributed by atoms with Crippen LogP contribution in [0.25, 0.3) is 0 Å². The maximum absolute atomic E-state index is 13.5. The largest absolute Gasteiger partial charge is 0.438 e. The van der Waals surface area contributed by atoms with Gasteiger partial charge in [-0.15, -0.1) is 0 Å². The Morgan fingerprint density at radius 1 is 0.726 bits per heavy atom. The van der Waals surface area contributed by atoms with Crippen molar-refractivity contribution in [1.82, 2.24) is 14.5 Å². The highest BCUT2D eigenvalue weighted by Gasteiger charge is 2.44. The Balaban J connectivity index is 0.000000332. The number of alkyl halides is 4. The molecule has 4 aromatic carbocycles. The lowest BCUT2D eigenvalue weighted by Gasteiger charge is -2.43. The van der Waals surface area contributed by atoms with Gasteiger partial charge in [-0.1, -0.05) is 55.1 Å². The molecule has 0 spiro atoms. The monoisotopic (exact) mass is 1070 g/mol. The van der Waals surface area contributed by atoms with E-state index in [-0.39, 0.29) is 36.5 Å². The molecule has 6 rings (SSSR count). The van der Waals surface area contributed by atoms with Gasteiger partial charge in [0, 0.05) is 45.2 Å². The van der Waals surface area contributed by atoms with Gasteiger partial charge in [0.15, 0.2) is 0 Å². The van der Waals surface area contributed by atoms with Gasteiger partial charge < -0.3 is 33.9 Å². The summed E-state index contributed by atoms with van der Waals surface area (Å²) < 4.78 is 141. The summed E-state index contributed by atoms with van der Waals surface area (Å²) in [6.07, 6.45) is 4.56. The van der Waals surface area contributed by atoms with E-state index in [9.17, 15) is 57.9 Å². The molecule has 0 aliphatic carbocycles. The van der Waals surface area contributed by atoms with E-state index in [4.69, 9.17) is 14.7 Å². The van der Waals surface area contributed by atoms with Gasteiger partial charge >= 0.3 is 25.4 Å². The molecule has 4 N–H and O–H groups in total. The predicted octanol–water partition coefficient (Wildman–Crippen LogP) is 9.15. The number of hydrogen-bond acceptors (Lipinski definition) is 12. The fraction of sp³-hybridized carbons (Fsp3) is 0.408. The third kappa shape index (κ3) is 20.2. The van der Waals surface area contributed by atoms with Crippen molar-refractivity contribution in [2.24, 2.45) is 5.14 Å². The predicted molar refractivity (Wildman–Crippen MR) is 258 cm³/mol. The number of rotatable bonds is 18. The lowest BCUT2D eigenvalue weighted by molar-refractivity contribution is -0.0682. The van der Waals surface area contributed by atoms with Crippen molar-refractivity contribution >= 4 is 32.2 Å². The van der Waals surface area contributed by atoms with Crippen LogP contribution in [-0.2, 0) is 40.7 Å². The highest BCUT2D eigenvalue weighted by molar-refractivity contribution is 7.88. The minimum absolute atomic E-state index is 0.0187. The number of halogens is 6. The first-order chi connectivity index (χ1) is 34.2. The van der Waals surface area contributed by atoms with Crippen molar-refractivity contribution in [2.45, 2.75) is 88.9 Å². The second-order valence-electron chi connectivity index (χ2n) is 16.6. The molecular formula is C49H59F6N5O11S2. The van der Waals surface area contributed by atoms with E-state index in [1.54, 1.807) is 66.4 Å². The van der Waals surface area contributed by atoms with Gasteiger partial charge in [0.25, 0.3) is 0 Å². The molecule has 73 heavy (non-hydrogen) atoms. The fourth-order valence-electron chi connectivity index (χ4n) is 7.81.